The fourth-order valence-corrected chi connectivity index (χ4v) is 11.5. The second-order valence-corrected chi connectivity index (χ2v) is 20.2. The monoisotopic (exact) mass is 862 g/mol. The van der Waals surface area contributed by atoms with Gasteiger partial charge >= 0.3 is 0 Å². The molecule has 0 saturated heterocycles. The highest BCUT2D eigenvalue weighted by Crippen LogP contribution is 2.55. The fraction of sp³-hybridized carbons (Fsp3) is 0.138. The fourth-order valence-electron chi connectivity index (χ4n) is 11.5. The maximum Gasteiger partial charge on any atom is 0.0503 e. The van der Waals surface area contributed by atoms with E-state index in [1.54, 1.807) is 0 Å². The molecule has 0 bridgehead atoms. The quantitative estimate of drug-likeness (QED) is 0.154. The summed E-state index contributed by atoms with van der Waals surface area (Å²) in [5, 5.41) is 0. The van der Waals surface area contributed by atoms with Crippen LogP contribution in [0.4, 0.5) is 34.1 Å². The number of para-hydroxylation sites is 4. The van der Waals surface area contributed by atoms with E-state index in [1.165, 1.54) is 112 Å². The van der Waals surface area contributed by atoms with Crippen molar-refractivity contribution in [1.82, 2.24) is 0 Å². The van der Waals surface area contributed by atoms with Crippen LogP contribution < -0.4 is 9.80 Å². The Balaban J connectivity index is 0.811. The lowest BCUT2D eigenvalue weighted by Crippen LogP contribution is -2.30. The van der Waals surface area contributed by atoms with Crippen molar-refractivity contribution in [1.29, 1.82) is 0 Å². The van der Waals surface area contributed by atoms with Gasteiger partial charge in [-0.25, -0.2) is 0 Å². The third kappa shape index (κ3) is 6.45. The third-order valence-corrected chi connectivity index (χ3v) is 15.2. The van der Waals surface area contributed by atoms with Gasteiger partial charge in [0, 0.05) is 27.6 Å². The zero-order chi connectivity index (χ0) is 45.7. The van der Waals surface area contributed by atoms with E-state index in [1.807, 2.05) is 0 Å². The van der Waals surface area contributed by atoms with Gasteiger partial charge in [0.2, 0.25) is 0 Å². The van der Waals surface area contributed by atoms with E-state index in [4.69, 9.17) is 0 Å². The highest BCUT2D eigenvalue weighted by Gasteiger charge is 2.39. The Labute approximate surface area is 396 Å². The topological polar surface area (TPSA) is 6.48 Å². The normalized spacial score (nSPS) is 15.6. The van der Waals surface area contributed by atoms with Gasteiger partial charge in [0.1, 0.15) is 0 Å². The summed E-state index contributed by atoms with van der Waals surface area (Å²) in [6.45, 7) is 14.2. The Morgan fingerprint density at radius 2 is 0.642 bits per heavy atom. The molecule has 0 aromatic heterocycles. The summed E-state index contributed by atoms with van der Waals surface area (Å²) in [5.41, 5.74) is 25.0. The molecule has 0 radical (unpaired) electrons. The molecule has 0 N–H and O–H groups in total. The number of fused-ring (bicyclic) bond motifs is 7. The number of hydrogen-bond donors (Lipinski definition) is 0. The molecule has 0 amide bonds. The molecule has 3 aliphatic rings. The van der Waals surface area contributed by atoms with Crippen LogP contribution in [0.15, 0.2) is 206 Å². The average molecular weight is 863 g/mol. The van der Waals surface area contributed by atoms with E-state index in [0.29, 0.717) is 0 Å². The lowest BCUT2D eigenvalue weighted by molar-refractivity contribution is 0.632. The van der Waals surface area contributed by atoms with Gasteiger partial charge in [0.05, 0.1) is 22.7 Å². The Hall–Kier alpha value is -7.68. The molecule has 12 rings (SSSR count). The van der Waals surface area contributed by atoms with Crippen molar-refractivity contribution in [3.8, 4) is 33.4 Å². The number of benzene rings is 9. The molecule has 1 aliphatic carbocycles. The van der Waals surface area contributed by atoms with Gasteiger partial charge in [0.25, 0.3) is 0 Å². The highest BCUT2D eigenvalue weighted by atomic mass is 15.2. The van der Waals surface area contributed by atoms with Crippen molar-refractivity contribution >= 4 is 46.3 Å². The van der Waals surface area contributed by atoms with Crippen molar-refractivity contribution in [2.75, 3.05) is 9.80 Å². The van der Waals surface area contributed by atoms with Crippen LogP contribution in [0.5, 0.6) is 0 Å². The third-order valence-electron chi connectivity index (χ3n) is 15.2. The van der Waals surface area contributed by atoms with E-state index >= 15 is 0 Å². The van der Waals surface area contributed by atoms with Crippen LogP contribution in [0.3, 0.4) is 0 Å². The zero-order valence-corrected chi connectivity index (χ0v) is 39.2. The van der Waals surface area contributed by atoms with Crippen molar-refractivity contribution in [3.63, 3.8) is 0 Å². The lowest BCUT2D eigenvalue weighted by atomic mass is 9.72. The number of nitrogens with zero attached hydrogens (tertiary/aromatic N) is 2. The predicted molar refractivity (Wildman–Crippen MR) is 284 cm³/mol. The van der Waals surface area contributed by atoms with E-state index in [-0.39, 0.29) is 16.2 Å². The lowest BCUT2D eigenvalue weighted by Gasteiger charge is -2.42. The summed E-state index contributed by atoms with van der Waals surface area (Å²) in [5.74, 6) is 0. The van der Waals surface area contributed by atoms with Crippen LogP contribution >= 0.6 is 0 Å². The molecule has 2 heteroatoms. The van der Waals surface area contributed by atoms with Crippen LogP contribution in [-0.2, 0) is 16.2 Å². The van der Waals surface area contributed by atoms with Gasteiger partial charge in [-0.2, -0.15) is 0 Å². The van der Waals surface area contributed by atoms with Crippen molar-refractivity contribution in [2.24, 2.45) is 0 Å². The molecular formula is C65H54N2. The first-order valence-electron chi connectivity index (χ1n) is 23.8. The molecule has 0 unspecified atom stereocenters. The first-order valence-corrected chi connectivity index (χ1v) is 23.8. The minimum atomic E-state index is -0.162. The molecule has 0 atom stereocenters. The molecule has 0 saturated carbocycles. The smallest absolute Gasteiger partial charge is 0.0503 e. The van der Waals surface area contributed by atoms with Crippen LogP contribution in [0.25, 0.3) is 45.5 Å². The molecular weight excluding hydrogens is 809 g/mol. The Kier molecular flexibility index (Phi) is 9.25. The molecule has 9 aromatic carbocycles. The van der Waals surface area contributed by atoms with E-state index < -0.39 is 0 Å². The Morgan fingerprint density at radius 3 is 1.18 bits per heavy atom. The minimum absolute atomic E-state index is 0.146. The van der Waals surface area contributed by atoms with E-state index in [2.05, 4.69) is 270 Å². The number of hydrogen-bond acceptors (Lipinski definition) is 2. The van der Waals surface area contributed by atoms with Gasteiger partial charge in [-0.3, -0.25) is 0 Å². The summed E-state index contributed by atoms with van der Waals surface area (Å²) in [6.07, 6.45) is 4.51. The molecule has 67 heavy (non-hydrogen) atoms. The Morgan fingerprint density at radius 1 is 0.284 bits per heavy atom. The van der Waals surface area contributed by atoms with Gasteiger partial charge in [-0.05, 0) is 145 Å². The first kappa shape index (κ1) is 40.8. The molecule has 0 fully saturated rings. The predicted octanol–water partition coefficient (Wildman–Crippen LogP) is 17.7. The molecule has 0 spiro atoms. The summed E-state index contributed by atoms with van der Waals surface area (Å²) < 4.78 is 0. The van der Waals surface area contributed by atoms with Crippen LogP contribution in [0, 0.1) is 0 Å². The van der Waals surface area contributed by atoms with E-state index in [9.17, 15) is 0 Å². The van der Waals surface area contributed by atoms with Crippen molar-refractivity contribution in [2.45, 2.75) is 57.8 Å². The highest BCUT2D eigenvalue weighted by molar-refractivity contribution is 5.91. The summed E-state index contributed by atoms with van der Waals surface area (Å²) >= 11 is 0. The second kappa shape index (κ2) is 15.2. The van der Waals surface area contributed by atoms with Crippen LogP contribution in [-0.4, -0.2) is 0 Å². The minimum Gasteiger partial charge on any atom is -0.310 e. The van der Waals surface area contributed by atoms with E-state index in [0.717, 1.165) is 0 Å². The molecule has 9 aromatic rings. The average Bonchev–Trinajstić information content (AvgIpc) is 3.58. The van der Waals surface area contributed by atoms with Crippen molar-refractivity contribution in [3.05, 3.63) is 251 Å². The summed E-state index contributed by atoms with van der Waals surface area (Å²) in [7, 11) is 0. The first-order chi connectivity index (χ1) is 32.5. The van der Waals surface area contributed by atoms with Gasteiger partial charge in [0.15, 0.2) is 0 Å². The number of rotatable bonds is 6. The molecule has 2 heterocycles. The summed E-state index contributed by atoms with van der Waals surface area (Å²) in [4.78, 5) is 4.85. The zero-order valence-electron chi connectivity index (χ0n) is 39.2. The largest absolute Gasteiger partial charge is 0.310 e. The van der Waals surface area contributed by atoms with Gasteiger partial charge in [-0.1, -0.05) is 193 Å². The van der Waals surface area contributed by atoms with Crippen molar-refractivity contribution < 1.29 is 0 Å². The van der Waals surface area contributed by atoms with Crippen LogP contribution in [0.2, 0.25) is 0 Å². The summed E-state index contributed by atoms with van der Waals surface area (Å²) in [6, 6.07) is 76.5. The van der Waals surface area contributed by atoms with Gasteiger partial charge < -0.3 is 9.80 Å². The molecule has 324 valence electrons. The van der Waals surface area contributed by atoms with Gasteiger partial charge in [-0.15, -0.1) is 0 Å². The standard InChI is InChI=1S/C65H54N2/c1-63(2)53-21-13-15-23-59(53)66(49-17-9-7-10-18-49)61-37-33-46(41-57(61)63)45-30-27-43(28-31-45)25-26-44-29-35-51-52-36-32-47(40-56(52)65(5,6)55(51)39-44)48-34-38-62-58(42-48)64(3,4)54-22-14-16-24-60(54)67(62)50-19-11-8-12-20-50/h7-42H,1-6H3/b26-25+. The number of anilines is 6. The second-order valence-electron chi connectivity index (χ2n) is 20.2. The SMILES string of the molecule is CC1(C)c2cc(/C=C/c3ccc(-c4ccc5c(c4)C(C)(C)c4ccccc4N5c4ccccc4)cc3)ccc2-c2ccc(-c3ccc4c(c3)C(C)(C)c3ccccc3N4c3ccccc3)cc21. The molecule has 2 aliphatic heterocycles. The Bertz CT molecular complexity index is 3430. The maximum atomic E-state index is 2.45. The molecule has 2 nitrogen and oxygen atoms in total. The maximum absolute atomic E-state index is 2.45. The van der Waals surface area contributed by atoms with Crippen LogP contribution in [0.1, 0.15) is 86.1 Å².